The number of methoxy groups -OCH3 is 1. The lowest BCUT2D eigenvalue weighted by Gasteiger charge is -2.08. The molecule has 2 aromatic carbocycles. The summed E-state index contributed by atoms with van der Waals surface area (Å²) in [5, 5.41) is 3.77. The van der Waals surface area contributed by atoms with Gasteiger partial charge in [0.15, 0.2) is 0 Å². The van der Waals surface area contributed by atoms with Crippen LogP contribution in [0.3, 0.4) is 0 Å². The maximum Gasteiger partial charge on any atom is 0.216 e. The molecule has 0 fully saturated rings. The Labute approximate surface area is 114 Å². The summed E-state index contributed by atoms with van der Waals surface area (Å²) in [6.45, 7) is -0.649. The molecule has 0 spiro atoms. The van der Waals surface area contributed by atoms with Gasteiger partial charge in [0.1, 0.15) is 5.75 Å². The van der Waals surface area contributed by atoms with Crippen LogP contribution in [0.1, 0.15) is 19.3 Å². The van der Waals surface area contributed by atoms with E-state index in [-0.39, 0.29) is 12.2 Å². The minimum atomic E-state index is -2.55. The normalized spacial score (nSPS) is 15.9. The molecule has 0 heterocycles. The Hall–Kier alpha value is -2.03. The van der Waals surface area contributed by atoms with E-state index >= 15 is 0 Å². The van der Waals surface area contributed by atoms with Crippen molar-refractivity contribution in [2.24, 2.45) is 0 Å². The minimum Gasteiger partial charge on any atom is -0.497 e. The molecule has 0 saturated carbocycles. The number of aryl methyl sites for hydroxylation is 1. The zero-order chi connectivity index (χ0) is 17.3. The van der Waals surface area contributed by atoms with Gasteiger partial charge in [0.05, 0.1) is 11.2 Å². The van der Waals surface area contributed by atoms with Crippen LogP contribution in [0.15, 0.2) is 36.4 Å². The lowest BCUT2D eigenvalue weighted by Crippen LogP contribution is -2.22. The molecule has 0 aromatic heterocycles. The van der Waals surface area contributed by atoms with E-state index in [1.165, 1.54) is 6.92 Å². The summed E-state index contributed by atoms with van der Waals surface area (Å²) in [5.41, 5.74) is 0.650. The van der Waals surface area contributed by atoms with Gasteiger partial charge in [-0.1, -0.05) is 24.3 Å². The van der Waals surface area contributed by atoms with Crippen LogP contribution in [0.2, 0.25) is 0 Å². The summed E-state index contributed by atoms with van der Waals surface area (Å²) < 4.78 is 42.1. The van der Waals surface area contributed by atoms with Crippen LogP contribution >= 0.6 is 0 Å². The van der Waals surface area contributed by atoms with Crippen molar-refractivity contribution in [3.05, 3.63) is 42.0 Å². The Kier molecular flexibility index (Phi) is 2.28. The maximum atomic E-state index is 11.1. The second-order valence-corrected chi connectivity index (χ2v) is 3.94. The third-order valence-corrected chi connectivity index (χ3v) is 2.61. The van der Waals surface area contributed by atoms with Crippen LogP contribution in [0.4, 0.5) is 0 Å². The molecule has 2 rings (SSSR count). The summed E-state index contributed by atoms with van der Waals surface area (Å²) in [6, 6.07) is 10.2. The Balaban J connectivity index is 2.39. The highest BCUT2D eigenvalue weighted by atomic mass is 16.5. The maximum absolute atomic E-state index is 11.1. The van der Waals surface area contributed by atoms with Gasteiger partial charge in [-0.15, -0.1) is 0 Å². The SMILES string of the molecule is [2H]C([2H])(Cc1cccc2ccc(OC([2H])([2H])[2H])cc12)NC(C)=O. The fourth-order valence-electron chi connectivity index (χ4n) is 1.80. The van der Waals surface area contributed by atoms with Gasteiger partial charge in [0, 0.05) is 16.2 Å². The fraction of sp³-hybridized carbons (Fsp3) is 0.267. The molecule has 0 atom stereocenters. The summed E-state index contributed by atoms with van der Waals surface area (Å²) in [7, 11) is -2.55. The first-order valence-electron chi connectivity index (χ1n) is 8.05. The van der Waals surface area contributed by atoms with Crippen LogP contribution in [0.5, 0.6) is 5.75 Å². The van der Waals surface area contributed by atoms with Crippen LogP contribution in [0.25, 0.3) is 10.8 Å². The second-order valence-electron chi connectivity index (χ2n) is 3.94. The van der Waals surface area contributed by atoms with Gasteiger partial charge in [0.25, 0.3) is 0 Å². The number of rotatable bonds is 4. The van der Waals surface area contributed by atoms with Crippen LogP contribution in [0, 0.1) is 0 Å². The quantitative estimate of drug-likeness (QED) is 0.903. The van der Waals surface area contributed by atoms with E-state index in [0.717, 1.165) is 5.39 Å². The standard InChI is InChI=1S/C15H17NO2/c1-11(17)16-9-8-13-5-3-4-12-6-7-14(18-2)10-15(12)13/h3-7,10H,8-9H2,1-2H3,(H,16,17)/i2D3,9D2. The minimum absolute atomic E-state index is 0.0405. The highest BCUT2D eigenvalue weighted by molar-refractivity contribution is 5.87. The molecule has 3 nitrogen and oxygen atoms in total. The number of hydrogen-bond donors (Lipinski definition) is 1. The summed E-state index contributed by atoms with van der Waals surface area (Å²) in [4.78, 5) is 11.1. The number of hydrogen-bond acceptors (Lipinski definition) is 2. The molecule has 3 heteroatoms. The predicted molar refractivity (Wildman–Crippen MR) is 72.9 cm³/mol. The van der Waals surface area contributed by atoms with Crippen LogP contribution < -0.4 is 10.1 Å². The molecule has 0 unspecified atom stereocenters. The molecule has 18 heavy (non-hydrogen) atoms. The number of fused-ring (bicyclic) bond motifs is 1. The van der Waals surface area contributed by atoms with Gasteiger partial charge in [0.2, 0.25) is 5.91 Å². The van der Waals surface area contributed by atoms with Crippen LogP contribution in [-0.4, -0.2) is 19.4 Å². The van der Waals surface area contributed by atoms with E-state index in [1.54, 1.807) is 30.3 Å². The van der Waals surface area contributed by atoms with E-state index in [9.17, 15) is 4.79 Å². The Morgan fingerprint density at radius 2 is 2.33 bits per heavy atom. The van der Waals surface area contributed by atoms with Gasteiger partial charge in [-0.3, -0.25) is 4.79 Å². The molecule has 0 aliphatic heterocycles. The van der Waals surface area contributed by atoms with Crippen molar-refractivity contribution in [2.75, 3.05) is 13.5 Å². The first-order chi connectivity index (χ1) is 10.6. The van der Waals surface area contributed by atoms with E-state index in [0.29, 0.717) is 10.9 Å². The van der Waals surface area contributed by atoms with Crippen molar-refractivity contribution in [3.63, 3.8) is 0 Å². The van der Waals surface area contributed by atoms with Crippen molar-refractivity contribution in [2.45, 2.75) is 13.3 Å². The third-order valence-electron chi connectivity index (χ3n) is 2.61. The molecule has 0 bridgehead atoms. The zero-order valence-corrected chi connectivity index (χ0v) is 9.99. The Bertz CT molecular complexity index is 727. The van der Waals surface area contributed by atoms with Crippen molar-refractivity contribution < 1.29 is 16.4 Å². The summed E-state index contributed by atoms with van der Waals surface area (Å²) in [5.74, 6) is -0.272. The monoisotopic (exact) mass is 248 g/mol. The first kappa shape index (κ1) is 7.41. The molecule has 0 aliphatic rings. The van der Waals surface area contributed by atoms with E-state index in [4.69, 9.17) is 11.6 Å². The van der Waals surface area contributed by atoms with Crippen LogP contribution in [-0.2, 0) is 11.2 Å². The Morgan fingerprint density at radius 1 is 1.44 bits per heavy atom. The number of carbonyl (C=O) groups is 1. The lowest BCUT2D eigenvalue weighted by molar-refractivity contribution is -0.118. The van der Waals surface area contributed by atoms with E-state index in [1.807, 2.05) is 6.07 Å². The number of carbonyl (C=O) groups excluding carboxylic acids is 1. The van der Waals surface area contributed by atoms with Gasteiger partial charge in [-0.25, -0.2) is 0 Å². The first-order valence-corrected chi connectivity index (χ1v) is 5.55. The number of amides is 1. The molecule has 94 valence electrons. The number of benzene rings is 2. The van der Waals surface area contributed by atoms with Gasteiger partial charge >= 0.3 is 0 Å². The summed E-state index contributed by atoms with van der Waals surface area (Å²) >= 11 is 0. The molecule has 0 saturated heterocycles. The molecule has 1 amide bonds. The van der Waals surface area contributed by atoms with Crippen molar-refractivity contribution in [1.82, 2.24) is 5.32 Å². The Morgan fingerprint density at radius 3 is 3.11 bits per heavy atom. The van der Waals surface area contributed by atoms with Gasteiger partial charge in [-0.2, -0.15) is 0 Å². The smallest absolute Gasteiger partial charge is 0.216 e. The number of ether oxygens (including phenoxy) is 1. The molecule has 0 aliphatic carbocycles. The molecular weight excluding hydrogens is 226 g/mol. The molecular formula is C15H17NO2. The summed E-state index contributed by atoms with van der Waals surface area (Å²) in [6.07, 6.45) is -0.0405. The predicted octanol–water partition coefficient (Wildman–Crippen LogP) is 2.53. The highest BCUT2D eigenvalue weighted by Crippen LogP contribution is 2.24. The second kappa shape index (κ2) is 5.54. The fourth-order valence-corrected chi connectivity index (χ4v) is 1.80. The number of nitrogens with one attached hydrogen (secondary N) is 1. The van der Waals surface area contributed by atoms with Gasteiger partial charge in [-0.05, 0) is 34.9 Å². The molecule has 0 radical (unpaired) electrons. The third kappa shape index (κ3) is 2.80. The zero-order valence-electron chi connectivity index (χ0n) is 15.0. The molecule has 1 N–H and O–H groups in total. The lowest BCUT2D eigenvalue weighted by atomic mass is 10.0. The van der Waals surface area contributed by atoms with Gasteiger partial charge < -0.3 is 10.1 Å². The largest absolute Gasteiger partial charge is 0.497 e. The van der Waals surface area contributed by atoms with E-state index < -0.39 is 19.4 Å². The average molecular weight is 248 g/mol. The topological polar surface area (TPSA) is 38.3 Å². The van der Waals surface area contributed by atoms with E-state index in [2.05, 4.69) is 5.32 Å². The average Bonchev–Trinajstić information content (AvgIpc) is 2.35. The van der Waals surface area contributed by atoms with Crippen molar-refractivity contribution in [1.29, 1.82) is 0 Å². The van der Waals surface area contributed by atoms with Crippen molar-refractivity contribution in [3.8, 4) is 5.75 Å². The van der Waals surface area contributed by atoms with Crippen molar-refractivity contribution >= 4 is 16.7 Å². The highest BCUT2D eigenvalue weighted by Gasteiger charge is 2.03. The molecule has 2 aromatic rings.